The Morgan fingerprint density at radius 1 is 1.16 bits per heavy atom. The van der Waals surface area contributed by atoms with Gasteiger partial charge in [-0.1, -0.05) is 12.0 Å². The van der Waals surface area contributed by atoms with Gasteiger partial charge in [0.1, 0.15) is 23.1 Å². The Kier molecular flexibility index (Phi) is 8.43. The van der Waals surface area contributed by atoms with Gasteiger partial charge in [-0.2, -0.15) is 13.2 Å². The van der Waals surface area contributed by atoms with Crippen LogP contribution in [-0.4, -0.2) is 60.1 Å². The van der Waals surface area contributed by atoms with E-state index in [0.29, 0.717) is 29.7 Å². The maximum absolute atomic E-state index is 13.4. The number of carbonyl (C=O) groups is 1. The van der Waals surface area contributed by atoms with Crippen molar-refractivity contribution in [3.05, 3.63) is 65.7 Å². The lowest BCUT2D eigenvalue weighted by Gasteiger charge is -2.27. The molecular formula is C26H25F4N5O2. The Labute approximate surface area is 211 Å². The normalized spacial score (nSPS) is 14.1. The number of aromatic amines is 1. The number of rotatable bonds is 7. The van der Waals surface area contributed by atoms with Crippen molar-refractivity contribution < 1.29 is 27.1 Å². The first-order valence-corrected chi connectivity index (χ1v) is 11.7. The molecule has 0 aliphatic carbocycles. The minimum absolute atomic E-state index is 0.0149. The molecule has 2 heterocycles. The number of H-pyrrole nitrogens is 1. The first-order valence-electron chi connectivity index (χ1n) is 11.7. The molecule has 1 aliphatic heterocycles. The first kappa shape index (κ1) is 26.2. The fourth-order valence-electron chi connectivity index (χ4n) is 3.77. The van der Waals surface area contributed by atoms with Gasteiger partial charge in [0.25, 0.3) is 0 Å². The van der Waals surface area contributed by atoms with Gasteiger partial charge in [-0.3, -0.25) is 4.79 Å². The molecule has 4 rings (SSSR count). The Balaban J connectivity index is 1.50. The number of imidazole rings is 1. The summed E-state index contributed by atoms with van der Waals surface area (Å²) in [6, 6.07) is 10.1. The van der Waals surface area contributed by atoms with Crippen molar-refractivity contribution >= 4 is 11.6 Å². The Morgan fingerprint density at radius 3 is 2.70 bits per heavy atom. The van der Waals surface area contributed by atoms with Gasteiger partial charge in [0.2, 0.25) is 0 Å². The molecule has 0 atom stereocenters. The molecule has 194 valence electrons. The predicted molar refractivity (Wildman–Crippen MR) is 130 cm³/mol. The summed E-state index contributed by atoms with van der Waals surface area (Å²) in [4.78, 5) is 20.9. The number of hydrogen-bond acceptors (Lipinski definition) is 5. The van der Waals surface area contributed by atoms with Gasteiger partial charge >= 0.3 is 12.1 Å². The average molecular weight is 516 g/mol. The van der Waals surface area contributed by atoms with Crippen LogP contribution >= 0.6 is 0 Å². The van der Waals surface area contributed by atoms with Crippen LogP contribution in [0.15, 0.2) is 48.7 Å². The summed E-state index contributed by atoms with van der Waals surface area (Å²) in [6.45, 7) is 5.04. The summed E-state index contributed by atoms with van der Waals surface area (Å²) in [6.07, 6.45) is -3.11. The highest BCUT2D eigenvalue weighted by atomic mass is 19.4. The third-order valence-corrected chi connectivity index (χ3v) is 5.61. The number of benzene rings is 2. The highest BCUT2D eigenvalue weighted by Crippen LogP contribution is 2.33. The second-order valence-corrected chi connectivity index (χ2v) is 8.36. The largest absolute Gasteiger partial charge is 0.491 e. The van der Waals surface area contributed by atoms with E-state index in [2.05, 4.69) is 37.3 Å². The number of ether oxygens (including phenoxy) is 1. The number of nitrogens with zero attached hydrogens (tertiary/aromatic N) is 2. The Hall–Kier alpha value is -3.88. The molecule has 0 saturated carbocycles. The fourth-order valence-corrected chi connectivity index (χ4v) is 3.77. The molecule has 3 aromatic rings. The van der Waals surface area contributed by atoms with Crippen LogP contribution in [0, 0.1) is 17.7 Å². The van der Waals surface area contributed by atoms with E-state index < -0.39 is 23.6 Å². The van der Waals surface area contributed by atoms with Gasteiger partial charge in [-0.25, -0.2) is 9.37 Å². The molecule has 3 N–H and O–H groups in total. The second-order valence-electron chi connectivity index (χ2n) is 8.36. The topological polar surface area (TPSA) is 82.3 Å². The lowest BCUT2D eigenvalue weighted by Crippen LogP contribution is -2.43. The predicted octanol–water partition coefficient (Wildman–Crippen LogP) is 3.90. The van der Waals surface area contributed by atoms with Crippen LogP contribution in [0.25, 0.3) is 11.4 Å². The van der Waals surface area contributed by atoms with Crippen molar-refractivity contribution in [1.82, 2.24) is 20.2 Å². The van der Waals surface area contributed by atoms with Crippen molar-refractivity contribution in [2.45, 2.75) is 12.6 Å². The molecule has 1 aromatic heterocycles. The van der Waals surface area contributed by atoms with Gasteiger partial charge in [0.15, 0.2) is 0 Å². The number of aromatic nitrogens is 2. The van der Waals surface area contributed by atoms with Crippen LogP contribution in [0.5, 0.6) is 5.75 Å². The van der Waals surface area contributed by atoms with E-state index in [1.54, 1.807) is 18.2 Å². The standard InChI is InChI=1S/C26H25F4N5O2/c27-20-4-1-3-18(15-20)5-8-24(36)33-21-16-19(25-32-17-23(34-25)26(28,29)30)6-7-22(21)37-14-2-11-35-12-9-31-10-13-35/h1,3-4,6-7,15-17,31H,2,9-14H2,(H,32,34)(H,33,36). The van der Waals surface area contributed by atoms with Crippen molar-refractivity contribution in [2.24, 2.45) is 0 Å². The van der Waals surface area contributed by atoms with Crippen molar-refractivity contribution in [3.8, 4) is 29.0 Å². The molecular weight excluding hydrogens is 490 g/mol. The van der Waals surface area contributed by atoms with E-state index in [4.69, 9.17) is 4.74 Å². The van der Waals surface area contributed by atoms with Crippen LogP contribution in [0.1, 0.15) is 17.7 Å². The highest BCUT2D eigenvalue weighted by Gasteiger charge is 2.33. The average Bonchev–Trinajstić information content (AvgIpc) is 3.38. The third kappa shape index (κ3) is 7.55. The molecule has 0 spiro atoms. The number of alkyl halides is 3. The van der Waals surface area contributed by atoms with Crippen LogP contribution in [-0.2, 0) is 11.0 Å². The van der Waals surface area contributed by atoms with Crippen LogP contribution in [0.3, 0.4) is 0 Å². The van der Waals surface area contributed by atoms with Crippen LogP contribution < -0.4 is 15.4 Å². The van der Waals surface area contributed by atoms with E-state index >= 15 is 0 Å². The van der Waals surface area contributed by atoms with E-state index in [-0.39, 0.29) is 11.5 Å². The molecule has 1 aliphatic rings. The minimum Gasteiger partial charge on any atom is -0.491 e. The number of amides is 1. The highest BCUT2D eigenvalue weighted by molar-refractivity contribution is 6.05. The monoisotopic (exact) mass is 515 g/mol. The van der Waals surface area contributed by atoms with E-state index in [1.165, 1.54) is 24.3 Å². The number of piperazine rings is 1. The second kappa shape index (κ2) is 11.9. The molecule has 0 radical (unpaired) electrons. The summed E-state index contributed by atoms with van der Waals surface area (Å²) in [5, 5.41) is 5.91. The van der Waals surface area contributed by atoms with Crippen molar-refractivity contribution in [2.75, 3.05) is 44.6 Å². The van der Waals surface area contributed by atoms with Gasteiger partial charge in [-0.05, 0) is 42.8 Å². The molecule has 7 nitrogen and oxygen atoms in total. The minimum atomic E-state index is -4.57. The molecule has 1 fully saturated rings. The third-order valence-electron chi connectivity index (χ3n) is 5.61. The molecule has 37 heavy (non-hydrogen) atoms. The SMILES string of the molecule is O=C(C#Cc1cccc(F)c1)Nc1cc(-c2ncc(C(F)(F)F)[nH]2)ccc1OCCCN1CCNCC1. The zero-order valence-corrected chi connectivity index (χ0v) is 19.8. The summed E-state index contributed by atoms with van der Waals surface area (Å²) in [5.41, 5.74) is -0.119. The number of carbonyl (C=O) groups excluding carboxylic acids is 1. The number of hydrogen-bond donors (Lipinski definition) is 3. The summed E-state index contributed by atoms with van der Waals surface area (Å²) in [5.74, 6) is 4.13. The van der Waals surface area contributed by atoms with Gasteiger partial charge in [-0.15, -0.1) is 0 Å². The zero-order chi connectivity index (χ0) is 26.3. The molecule has 0 bridgehead atoms. The maximum atomic E-state index is 13.4. The fraction of sp³-hybridized carbons (Fsp3) is 0.308. The number of halogens is 4. The van der Waals surface area contributed by atoms with Crippen LogP contribution in [0.2, 0.25) is 0 Å². The quantitative estimate of drug-likeness (QED) is 0.253. The Bertz CT molecular complexity index is 1290. The zero-order valence-electron chi connectivity index (χ0n) is 19.8. The van der Waals surface area contributed by atoms with Crippen molar-refractivity contribution in [3.63, 3.8) is 0 Å². The number of nitrogens with one attached hydrogen (secondary N) is 3. The summed E-state index contributed by atoms with van der Waals surface area (Å²) < 4.78 is 58.2. The first-order chi connectivity index (χ1) is 17.8. The number of anilines is 1. The maximum Gasteiger partial charge on any atom is 0.432 e. The van der Waals surface area contributed by atoms with Gasteiger partial charge in [0, 0.05) is 49.8 Å². The molecule has 1 saturated heterocycles. The van der Waals surface area contributed by atoms with E-state index in [0.717, 1.165) is 39.1 Å². The summed E-state index contributed by atoms with van der Waals surface area (Å²) >= 11 is 0. The lowest BCUT2D eigenvalue weighted by atomic mass is 10.1. The molecule has 1 amide bonds. The summed E-state index contributed by atoms with van der Waals surface area (Å²) in [7, 11) is 0. The lowest BCUT2D eigenvalue weighted by molar-refractivity contribution is -0.140. The molecule has 2 aromatic carbocycles. The smallest absolute Gasteiger partial charge is 0.432 e. The molecule has 0 unspecified atom stereocenters. The molecule has 11 heteroatoms. The van der Waals surface area contributed by atoms with E-state index in [9.17, 15) is 22.4 Å². The van der Waals surface area contributed by atoms with E-state index in [1.807, 2.05) is 0 Å². The van der Waals surface area contributed by atoms with Crippen molar-refractivity contribution in [1.29, 1.82) is 0 Å². The van der Waals surface area contributed by atoms with Gasteiger partial charge in [0.05, 0.1) is 18.5 Å². The Morgan fingerprint density at radius 2 is 1.97 bits per heavy atom. The van der Waals surface area contributed by atoms with Gasteiger partial charge < -0.3 is 25.3 Å². The van der Waals surface area contributed by atoms with Crippen LogP contribution in [0.4, 0.5) is 23.2 Å².